The van der Waals surface area contributed by atoms with Gasteiger partial charge in [-0.3, -0.25) is 15.4 Å². The molecule has 1 aliphatic heterocycles. The van der Waals surface area contributed by atoms with Crippen LogP contribution in [0.4, 0.5) is 48.7 Å². The average molecular weight is 497 g/mol. The maximum atomic E-state index is 13.6. The third-order valence-electron chi connectivity index (χ3n) is 3.90. The molecule has 1 aliphatic rings. The van der Waals surface area contributed by atoms with Crippen LogP contribution in [0, 0.1) is 6.92 Å². The molecule has 176 valence electrons. The van der Waals surface area contributed by atoms with E-state index in [1.54, 1.807) is 5.32 Å². The molecule has 0 fully saturated rings. The molecule has 0 bridgehead atoms. The Balaban J connectivity index is 2.44. The number of nitrogens with one attached hydrogen (secondary N) is 2. The number of allylic oxidation sites excluding steroid dienone is 1. The second kappa shape index (κ2) is 8.29. The van der Waals surface area contributed by atoms with Gasteiger partial charge in [-0.2, -0.15) is 39.5 Å². The number of carbonyl (C=O) groups is 2. The van der Waals surface area contributed by atoms with Crippen LogP contribution in [0.15, 0.2) is 40.0 Å². The molecule has 0 saturated heterocycles. The topological polar surface area (TPSA) is 70.6 Å². The lowest BCUT2D eigenvalue weighted by molar-refractivity contribution is -0.280. The molecule has 2 N–H and O–H groups in total. The van der Waals surface area contributed by atoms with E-state index in [-0.39, 0.29) is 5.56 Å². The van der Waals surface area contributed by atoms with Crippen molar-refractivity contribution in [2.24, 2.45) is 4.99 Å². The molecule has 0 aromatic heterocycles. The molecule has 2 rings (SSSR count). The van der Waals surface area contributed by atoms with Gasteiger partial charge in [0.05, 0.1) is 4.91 Å². The van der Waals surface area contributed by atoms with E-state index in [2.05, 4.69) is 4.99 Å². The SMILES string of the molecule is Cc1ccccc1C(=O)NC(=O)NC1=NC(C(F)(F)F)(C(F)(F)F)C(=C(F)C(F)(F)F)S1. The summed E-state index contributed by atoms with van der Waals surface area (Å²) in [6.07, 6.45) is -19.3. The summed E-state index contributed by atoms with van der Waals surface area (Å²) in [6, 6.07) is 3.87. The Morgan fingerprint density at radius 1 is 0.969 bits per heavy atom. The predicted octanol–water partition coefficient (Wildman–Crippen LogP) is 5.14. The minimum atomic E-state index is -6.56. The zero-order valence-electron chi connectivity index (χ0n) is 15.3. The number of rotatable bonds is 1. The number of amides is 3. The number of thioether (sulfide) groups is 1. The normalized spacial score (nSPS) is 18.2. The molecular formula is C16H9F10N3O2S. The van der Waals surface area contributed by atoms with Crippen molar-refractivity contribution in [1.29, 1.82) is 0 Å². The number of hydrogen-bond donors (Lipinski definition) is 2. The first-order valence-corrected chi connectivity index (χ1v) is 8.80. The third-order valence-corrected chi connectivity index (χ3v) is 4.97. The molecule has 3 amide bonds. The first-order chi connectivity index (χ1) is 14.4. The smallest absolute Gasteiger partial charge is 0.286 e. The van der Waals surface area contributed by atoms with E-state index >= 15 is 0 Å². The van der Waals surface area contributed by atoms with Gasteiger partial charge in [-0.15, -0.1) is 0 Å². The summed E-state index contributed by atoms with van der Waals surface area (Å²) >= 11 is -1.03. The molecule has 32 heavy (non-hydrogen) atoms. The fourth-order valence-corrected chi connectivity index (χ4v) is 3.60. The lowest BCUT2D eigenvalue weighted by Crippen LogP contribution is -2.55. The largest absolute Gasteiger partial charge is 0.443 e. The zero-order chi connectivity index (χ0) is 24.7. The highest BCUT2D eigenvalue weighted by Crippen LogP contribution is 2.59. The van der Waals surface area contributed by atoms with Crippen LogP contribution in [0.5, 0.6) is 0 Å². The number of hydrogen-bond acceptors (Lipinski definition) is 4. The standard InChI is InChI=1S/C16H9F10N3O2S/c1-6-4-2-3-5-7(6)10(30)27-11(31)28-12-29-13(15(21,22)23,16(24,25)26)9(32-12)8(17)14(18,19)20/h2-5H,1H3,(H2,27,28,29,30,31). The lowest BCUT2D eigenvalue weighted by atomic mass is 9.97. The molecule has 5 nitrogen and oxygen atoms in total. The molecular weight excluding hydrogens is 488 g/mol. The maximum Gasteiger partial charge on any atom is 0.443 e. The minimum Gasteiger partial charge on any atom is -0.286 e. The van der Waals surface area contributed by atoms with Crippen molar-refractivity contribution in [3.63, 3.8) is 0 Å². The number of nitrogens with zero attached hydrogens (tertiary/aromatic N) is 1. The van der Waals surface area contributed by atoms with Crippen molar-refractivity contribution in [1.82, 2.24) is 10.6 Å². The summed E-state index contributed by atoms with van der Waals surface area (Å²) in [5.41, 5.74) is -5.37. The molecule has 0 aliphatic carbocycles. The van der Waals surface area contributed by atoms with Crippen molar-refractivity contribution in [2.45, 2.75) is 31.0 Å². The van der Waals surface area contributed by atoms with E-state index in [1.165, 1.54) is 36.5 Å². The average Bonchev–Trinajstić information content (AvgIpc) is 3.00. The first kappa shape index (κ1) is 25.5. The summed E-state index contributed by atoms with van der Waals surface area (Å²) < 4.78 is 131. The zero-order valence-corrected chi connectivity index (χ0v) is 16.1. The van der Waals surface area contributed by atoms with Crippen molar-refractivity contribution in [3.8, 4) is 0 Å². The molecule has 0 atom stereocenters. The summed E-state index contributed by atoms with van der Waals surface area (Å²) in [4.78, 5) is 23.1. The summed E-state index contributed by atoms with van der Waals surface area (Å²) in [6.45, 7) is 1.45. The number of carbonyl (C=O) groups excluding carboxylic acids is 2. The second-order valence-corrected chi connectivity index (χ2v) is 7.09. The van der Waals surface area contributed by atoms with E-state index in [0.717, 1.165) is 0 Å². The number of benzene rings is 1. The Morgan fingerprint density at radius 3 is 1.97 bits per heavy atom. The van der Waals surface area contributed by atoms with Crippen LogP contribution >= 0.6 is 11.8 Å². The maximum absolute atomic E-state index is 13.6. The van der Waals surface area contributed by atoms with Gasteiger partial charge in [0.1, 0.15) is 0 Å². The van der Waals surface area contributed by atoms with E-state index in [9.17, 15) is 53.5 Å². The second-order valence-electron chi connectivity index (χ2n) is 6.09. The monoisotopic (exact) mass is 497 g/mol. The fraction of sp³-hybridized carbons (Fsp3) is 0.312. The number of alkyl halides is 9. The highest BCUT2D eigenvalue weighted by molar-refractivity contribution is 8.17. The summed E-state index contributed by atoms with van der Waals surface area (Å²) in [7, 11) is 0. The summed E-state index contributed by atoms with van der Waals surface area (Å²) in [5.74, 6) is -4.81. The molecule has 1 aromatic rings. The van der Waals surface area contributed by atoms with Crippen LogP contribution in [0.1, 0.15) is 15.9 Å². The van der Waals surface area contributed by atoms with Gasteiger partial charge in [0.2, 0.25) is 5.83 Å². The van der Waals surface area contributed by atoms with E-state index in [0.29, 0.717) is 5.56 Å². The number of aryl methyl sites for hydroxylation is 1. The molecule has 1 aromatic carbocycles. The van der Waals surface area contributed by atoms with Gasteiger partial charge in [0, 0.05) is 5.56 Å². The van der Waals surface area contributed by atoms with Gasteiger partial charge in [-0.05, 0) is 18.6 Å². The number of urea groups is 1. The van der Waals surface area contributed by atoms with Crippen LogP contribution in [0.25, 0.3) is 0 Å². The van der Waals surface area contributed by atoms with Gasteiger partial charge < -0.3 is 0 Å². The number of halogens is 10. The van der Waals surface area contributed by atoms with Crippen molar-refractivity contribution >= 4 is 28.9 Å². The molecule has 0 radical (unpaired) electrons. The summed E-state index contributed by atoms with van der Waals surface area (Å²) in [5, 5.41) is 1.21. The molecule has 1 heterocycles. The Morgan fingerprint density at radius 2 is 1.50 bits per heavy atom. The molecule has 16 heteroatoms. The Labute approximate surface area is 175 Å². The molecule has 0 saturated carbocycles. The highest BCUT2D eigenvalue weighted by atomic mass is 32.2. The quantitative estimate of drug-likeness (QED) is 0.528. The van der Waals surface area contributed by atoms with Crippen LogP contribution in [-0.4, -0.2) is 41.2 Å². The van der Waals surface area contributed by atoms with E-state index in [1.807, 2.05) is 0 Å². The van der Waals surface area contributed by atoms with Crippen molar-refractivity contribution in [2.75, 3.05) is 0 Å². The Bertz CT molecular complexity index is 981. The van der Waals surface area contributed by atoms with Crippen LogP contribution < -0.4 is 10.6 Å². The minimum absolute atomic E-state index is 0.0905. The van der Waals surface area contributed by atoms with Crippen LogP contribution in [-0.2, 0) is 0 Å². The number of amidine groups is 1. The third kappa shape index (κ3) is 4.68. The van der Waals surface area contributed by atoms with E-state index in [4.69, 9.17) is 0 Å². The molecule has 0 unspecified atom stereocenters. The fourth-order valence-electron chi connectivity index (χ4n) is 2.45. The van der Waals surface area contributed by atoms with Gasteiger partial charge >= 0.3 is 24.6 Å². The van der Waals surface area contributed by atoms with Gasteiger partial charge in [-0.25, -0.2) is 14.2 Å². The van der Waals surface area contributed by atoms with E-state index < -0.39 is 63.7 Å². The Hall–Kier alpha value is -2.78. The number of aliphatic imine (C=N–C) groups is 1. The number of imide groups is 1. The molecule has 0 spiro atoms. The highest BCUT2D eigenvalue weighted by Gasteiger charge is 2.77. The van der Waals surface area contributed by atoms with Gasteiger partial charge in [0.25, 0.3) is 11.4 Å². The van der Waals surface area contributed by atoms with Crippen LogP contribution in [0.2, 0.25) is 0 Å². The van der Waals surface area contributed by atoms with Crippen LogP contribution in [0.3, 0.4) is 0 Å². The van der Waals surface area contributed by atoms with Crippen molar-refractivity contribution in [3.05, 3.63) is 46.1 Å². The predicted molar refractivity (Wildman–Crippen MR) is 91.2 cm³/mol. The van der Waals surface area contributed by atoms with Crippen molar-refractivity contribution < 1.29 is 53.5 Å². The Kier molecular flexibility index (Phi) is 6.60. The van der Waals surface area contributed by atoms with Gasteiger partial charge in [0.15, 0.2) is 5.17 Å². The lowest BCUT2D eigenvalue weighted by Gasteiger charge is -2.31. The first-order valence-electron chi connectivity index (χ1n) is 7.98. The van der Waals surface area contributed by atoms with Gasteiger partial charge in [-0.1, -0.05) is 30.0 Å².